The number of methoxy groups -OCH3 is 1. The van der Waals surface area contributed by atoms with E-state index in [4.69, 9.17) is 16.3 Å². The van der Waals surface area contributed by atoms with Crippen molar-refractivity contribution in [3.63, 3.8) is 0 Å². The van der Waals surface area contributed by atoms with Gasteiger partial charge >= 0.3 is 0 Å². The Labute approximate surface area is 177 Å². The predicted molar refractivity (Wildman–Crippen MR) is 115 cm³/mol. The van der Waals surface area contributed by atoms with Gasteiger partial charge < -0.3 is 10.1 Å². The van der Waals surface area contributed by atoms with E-state index in [9.17, 15) is 13.2 Å². The molecule has 0 aliphatic rings. The summed E-state index contributed by atoms with van der Waals surface area (Å²) in [5, 5.41) is 3.41. The monoisotopic (exact) mass is 438 g/mol. The Hall–Kier alpha value is -2.09. The second-order valence-corrected chi connectivity index (χ2v) is 9.39. The minimum atomic E-state index is -3.72. The van der Waals surface area contributed by atoms with E-state index in [2.05, 4.69) is 12.2 Å². The van der Waals surface area contributed by atoms with Crippen molar-refractivity contribution in [1.29, 1.82) is 0 Å². The molecule has 2 aromatic rings. The largest absolute Gasteiger partial charge is 0.496 e. The summed E-state index contributed by atoms with van der Waals surface area (Å²) >= 11 is 5.85. The average Bonchev–Trinajstić information content (AvgIpc) is 2.68. The standard InChI is InChI=1S/C21H27ClN2O4S/c1-5-6-15(2)23-21(25)16-7-12-20(28-4)17(13-16)14-24(3)29(26,27)19-10-8-18(22)9-11-19/h7-13,15H,5-6,14H2,1-4H3,(H,23,25). The highest BCUT2D eigenvalue weighted by Crippen LogP contribution is 2.25. The van der Waals surface area contributed by atoms with Crippen molar-refractivity contribution in [2.45, 2.75) is 44.2 Å². The minimum absolute atomic E-state index is 0.0553. The van der Waals surface area contributed by atoms with Crippen LogP contribution in [0.4, 0.5) is 0 Å². The fourth-order valence-corrected chi connectivity index (χ4v) is 4.24. The Balaban J connectivity index is 2.26. The van der Waals surface area contributed by atoms with E-state index in [-0.39, 0.29) is 23.4 Å². The molecule has 2 rings (SSSR count). The molecule has 0 aromatic heterocycles. The normalized spacial score (nSPS) is 12.6. The highest BCUT2D eigenvalue weighted by Gasteiger charge is 2.23. The van der Waals surface area contributed by atoms with E-state index in [1.807, 2.05) is 6.92 Å². The zero-order valence-corrected chi connectivity index (χ0v) is 18.7. The molecule has 0 aliphatic carbocycles. The van der Waals surface area contributed by atoms with Crippen LogP contribution in [0.2, 0.25) is 5.02 Å². The van der Waals surface area contributed by atoms with Gasteiger partial charge in [-0.3, -0.25) is 4.79 Å². The Bertz CT molecular complexity index is 946. The maximum Gasteiger partial charge on any atom is 0.251 e. The van der Waals surface area contributed by atoms with Crippen molar-refractivity contribution >= 4 is 27.5 Å². The van der Waals surface area contributed by atoms with Crippen LogP contribution >= 0.6 is 11.6 Å². The first kappa shape index (κ1) is 23.2. The number of halogens is 1. The van der Waals surface area contributed by atoms with Crippen molar-refractivity contribution in [1.82, 2.24) is 9.62 Å². The molecule has 1 N–H and O–H groups in total. The summed E-state index contributed by atoms with van der Waals surface area (Å²) in [4.78, 5) is 12.7. The number of nitrogens with zero attached hydrogens (tertiary/aromatic N) is 1. The Morgan fingerprint density at radius 3 is 2.45 bits per heavy atom. The summed E-state index contributed by atoms with van der Waals surface area (Å²) in [5.74, 6) is 0.319. The van der Waals surface area contributed by atoms with Gasteiger partial charge in [0.1, 0.15) is 5.75 Å². The number of carbonyl (C=O) groups is 1. The van der Waals surface area contributed by atoms with Crippen LogP contribution in [0.15, 0.2) is 47.4 Å². The number of carbonyl (C=O) groups excluding carboxylic acids is 1. The van der Waals surface area contributed by atoms with Crippen molar-refractivity contribution in [3.8, 4) is 5.75 Å². The molecule has 1 atom stereocenters. The van der Waals surface area contributed by atoms with E-state index in [1.54, 1.807) is 18.2 Å². The molecule has 158 valence electrons. The third-order valence-corrected chi connectivity index (χ3v) is 6.63. The van der Waals surface area contributed by atoms with Gasteiger partial charge in [0.25, 0.3) is 5.91 Å². The average molecular weight is 439 g/mol. The number of benzene rings is 2. The smallest absolute Gasteiger partial charge is 0.251 e. The lowest BCUT2D eigenvalue weighted by molar-refractivity contribution is 0.0938. The first-order valence-electron chi connectivity index (χ1n) is 9.38. The zero-order valence-electron chi connectivity index (χ0n) is 17.1. The molecule has 6 nitrogen and oxygen atoms in total. The molecule has 0 fully saturated rings. The number of nitrogens with one attached hydrogen (secondary N) is 1. The van der Waals surface area contributed by atoms with Gasteiger partial charge in [-0.1, -0.05) is 24.9 Å². The zero-order chi connectivity index (χ0) is 21.6. The van der Waals surface area contributed by atoms with Crippen LogP contribution in [-0.2, 0) is 16.6 Å². The lowest BCUT2D eigenvalue weighted by atomic mass is 10.1. The Morgan fingerprint density at radius 2 is 1.86 bits per heavy atom. The van der Waals surface area contributed by atoms with Gasteiger partial charge in [0, 0.05) is 35.8 Å². The molecule has 0 aliphatic heterocycles. The van der Waals surface area contributed by atoms with Crippen LogP contribution in [0.25, 0.3) is 0 Å². The third-order valence-electron chi connectivity index (χ3n) is 4.56. The summed E-state index contributed by atoms with van der Waals surface area (Å²) in [6, 6.07) is 11.1. The summed E-state index contributed by atoms with van der Waals surface area (Å²) in [6.45, 7) is 4.07. The van der Waals surface area contributed by atoms with Gasteiger partial charge in [-0.05, 0) is 55.8 Å². The van der Waals surface area contributed by atoms with Crippen molar-refractivity contribution in [2.24, 2.45) is 0 Å². The maximum atomic E-state index is 12.8. The number of hydrogen-bond acceptors (Lipinski definition) is 4. The van der Waals surface area contributed by atoms with Crippen LogP contribution in [0.5, 0.6) is 5.75 Å². The van der Waals surface area contributed by atoms with Gasteiger partial charge in [0.2, 0.25) is 10.0 Å². The molecule has 29 heavy (non-hydrogen) atoms. The van der Waals surface area contributed by atoms with Crippen molar-refractivity contribution < 1.29 is 17.9 Å². The predicted octanol–water partition coefficient (Wildman–Crippen LogP) is 4.09. The number of ether oxygens (including phenoxy) is 1. The summed E-state index contributed by atoms with van der Waals surface area (Å²) in [7, 11) is -0.725. The molecular weight excluding hydrogens is 412 g/mol. The molecular formula is C21H27ClN2O4S. The lowest BCUT2D eigenvalue weighted by Gasteiger charge is -2.20. The van der Waals surface area contributed by atoms with E-state index in [0.29, 0.717) is 21.9 Å². The van der Waals surface area contributed by atoms with Crippen LogP contribution in [0, 0.1) is 0 Å². The number of amides is 1. The lowest BCUT2D eigenvalue weighted by Crippen LogP contribution is -2.32. The van der Waals surface area contributed by atoms with Crippen LogP contribution in [0.1, 0.15) is 42.6 Å². The van der Waals surface area contributed by atoms with Gasteiger partial charge in [0.05, 0.1) is 12.0 Å². The van der Waals surface area contributed by atoms with Crippen molar-refractivity contribution in [3.05, 3.63) is 58.6 Å². The van der Waals surface area contributed by atoms with Gasteiger partial charge in [-0.2, -0.15) is 4.31 Å². The van der Waals surface area contributed by atoms with E-state index >= 15 is 0 Å². The molecule has 0 heterocycles. The van der Waals surface area contributed by atoms with Gasteiger partial charge in [0.15, 0.2) is 0 Å². The molecule has 1 amide bonds. The Kier molecular flexibility index (Phi) is 8.07. The molecule has 1 unspecified atom stereocenters. The van der Waals surface area contributed by atoms with Gasteiger partial charge in [-0.15, -0.1) is 0 Å². The molecule has 2 aromatic carbocycles. The second kappa shape index (κ2) is 10.1. The fourth-order valence-electron chi connectivity index (χ4n) is 2.97. The summed E-state index contributed by atoms with van der Waals surface area (Å²) in [5.41, 5.74) is 1.06. The highest BCUT2D eigenvalue weighted by molar-refractivity contribution is 7.89. The molecule has 8 heteroatoms. The molecule has 0 saturated heterocycles. The summed E-state index contributed by atoms with van der Waals surface area (Å²) in [6.07, 6.45) is 1.86. The van der Waals surface area contributed by atoms with Crippen LogP contribution in [-0.4, -0.2) is 38.8 Å². The topological polar surface area (TPSA) is 75.7 Å². The first-order valence-corrected chi connectivity index (χ1v) is 11.2. The number of rotatable bonds is 9. The van der Waals surface area contributed by atoms with E-state index in [0.717, 1.165) is 12.8 Å². The van der Waals surface area contributed by atoms with Crippen LogP contribution in [0.3, 0.4) is 0 Å². The first-order chi connectivity index (χ1) is 13.7. The second-order valence-electron chi connectivity index (χ2n) is 6.90. The van der Waals surface area contributed by atoms with Crippen LogP contribution < -0.4 is 10.1 Å². The molecule has 0 saturated carbocycles. The quantitative estimate of drug-likeness (QED) is 0.639. The number of hydrogen-bond donors (Lipinski definition) is 1. The third kappa shape index (κ3) is 5.95. The molecule has 0 radical (unpaired) electrons. The highest BCUT2D eigenvalue weighted by atomic mass is 35.5. The van der Waals surface area contributed by atoms with E-state index < -0.39 is 10.0 Å². The van der Waals surface area contributed by atoms with E-state index in [1.165, 1.54) is 42.7 Å². The van der Waals surface area contributed by atoms with Gasteiger partial charge in [-0.25, -0.2) is 8.42 Å². The maximum absolute atomic E-state index is 12.8. The minimum Gasteiger partial charge on any atom is -0.496 e. The van der Waals surface area contributed by atoms with Crippen molar-refractivity contribution in [2.75, 3.05) is 14.2 Å². The molecule has 0 spiro atoms. The summed E-state index contributed by atoms with van der Waals surface area (Å²) < 4.78 is 32.3. The SMILES string of the molecule is CCCC(C)NC(=O)c1ccc(OC)c(CN(C)S(=O)(=O)c2ccc(Cl)cc2)c1. The molecule has 0 bridgehead atoms. The fraction of sp³-hybridized carbons (Fsp3) is 0.381. The number of sulfonamides is 1. The Morgan fingerprint density at radius 1 is 1.21 bits per heavy atom.